The highest BCUT2D eigenvalue weighted by molar-refractivity contribution is 6.04. The summed E-state index contributed by atoms with van der Waals surface area (Å²) in [5, 5.41) is 2.83. The van der Waals surface area contributed by atoms with Crippen molar-refractivity contribution in [2.24, 2.45) is 0 Å². The van der Waals surface area contributed by atoms with E-state index in [1.54, 1.807) is 12.3 Å². The van der Waals surface area contributed by atoms with E-state index in [0.717, 1.165) is 17.0 Å². The monoisotopic (exact) mass is 346 g/mol. The van der Waals surface area contributed by atoms with Gasteiger partial charge in [-0.2, -0.15) is 0 Å². The molecule has 4 aromatic rings. The van der Waals surface area contributed by atoms with Crippen LogP contribution in [0.15, 0.2) is 67.0 Å². The van der Waals surface area contributed by atoms with Crippen LogP contribution in [-0.4, -0.2) is 20.3 Å². The number of hydrogen-bond acceptors (Lipinski definition) is 3. The molecule has 0 bridgehead atoms. The Morgan fingerprint density at radius 1 is 1.12 bits per heavy atom. The number of rotatable bonds is 3. The van der Waals surface area contributed by atoms with Gasteiger partial charge in [-0.05, 0) is 49.4 Å². The molecule has 2 aromatic heterocycles. The van der Waals surface area contributed by atoms with Crippen LogP contribution in [0.5, 0.6) is 0 Å². The minimum Gasteiger partial charge on any atom is -0.322 e. The minimum atomic E-state index is -0.375. The molecular formula is C20H15FN4O. The Balaban J connectivity index is 1.65. The molecule has 0 aliphatic heterocycles. The Hall–Kier alpha value is -3.54. The summed E-state index contributed by atoms with van der Waals surface area (Å²) in [5.74, 6) is -0.0456. The van der Waals surface area contributed by atoms with Gasteiger partial charge in [-0.25, -0.2) is 14.4 Å². The number of anilines is 1. The highest BCUT2D eigenvalue weighted by Gasteiger charge is 2.12. The van der Waals surface area contributed by atoms with Crippen LogP contribution in [-0.2, 0) is 0 Å². The van der Waals surface area contributed by atoms with Crippen molar-refractivity contribution in [3.05, 3.63) is 84.1 Å². The molecule has 128 valence electrons. The highest BCUT2D eigenvalue weighted by Crippen LogP contribution is 2.25. The van der Waals surface area contributed by atoms with E-state index in [0.29, 0.717) is 17.0 Å². The van der Waals surface area contributed by atoms with Crippen LogP contribution in [0, 0.1) is 12.7 Å². The normalized spacial score (nSPS) is 10.8. The summed E-state index contributed by atoms with van der Waals surface area (Å²) in [6, 6.07) is 14.7. The second-order valence-corrected chi connectivity index (χ2v) is 5.88. The van der Waals surface area contributed by atoms with Crippen LogP contribution in [0.3, 0.4) is 0 Å². The Labute approximate surface area is 149 Å². The number of carbonyl (C=O) groups is 1. The topological polar surface area (TPSA) is 59.3 Å². The van der Waals surface area contributed by atoms with Gasteiger partial charge in [-0.15, -0.1) is 0 Å². The summed E-state index contributed by atoms with van der Waals surface area (Å²) in [7, 11) is 0. The van der Waals surface area contributed by atoms with Crippen molar-refractivity contribution >= 4 is 17.4 Å². The molecule has 0 saturated heterocycles. The lowest BCUT2D eigenvalue weighted by atomic mass is 10.1. The number of amides is 1. The Morgan fingerprint density at radius 2 is 1.92 bits per heavy atom. The molecule has 0 atom stereocenters. The number of aromatic nitrogens is 3. The Morgan fingerprint density at radius 3 is 2.69 bits per heavy atom. The zero-order chi connectivity index (χ0) is 18.1. The van der Waals surface area contributed by atoms with Gasteiger partial charge in [-0.1, -0.05) is 12.1 Å². The third-order valence-electron chi connectivity index (χ3n) is 4.14. The second-order valence-electron chi connectivity index (χ2n) is 5.88. The van der Waals surface area contributed by atoms with Gasteiger partial charge < -0.3 is 5.32 Å². The van der Waals surface area contributed by atoms with Crippen molar-refractivity contribution in [2.45, 2.75) is 6.92 Å². The van der Waals surface area contributed by atoms with E-state index in [4.69, 9.17) is 0 Å². The highest BCUT2D eigenvalue weighted by atomic mass is 19.1. The SMILES string of the molecule is Cc1c(-c2cccc(NC(=O)c3ccc(F)cc3)c2)nc2ncccn12. The number of aryl methyl sites for hydroxylation is 1. The second kappa shape index (κ2) is 6.40. The van der Waals surface area contributed by atoms with Crippen molar-refractivity contribution < 1.29 is 9.18 Å². The molecule has 1 N–H and O–H groups in total. The first-order valence-corrected chi connectivity index (χ1v) is 8.09. The van der Waals surface area contributed by atoms with Crippen molar-refractivity contribution in [3.8, 4) is 11.3 Å². The van der Waals surface area contributed by atoms with Crippen molar-refractivity contribution in [3.63, 3.8) is 0 Å². The third kappa shape index (κ3) is 2.93. The number of benzene rings is 2. The van der Waals surface area contributed by atoms with Gasteiger partial charge >= 0.3 is 0 Å². The third-order valence-corrected chi connectivity index (χ3v) is 4.14. The molecule has 0 fully saturated rings. The van der Waals surface area contributed by atoms with Crippen LogP contribution >= 0.6 is 0 Å². The van der Waals surface area contributed by atoms with Crippen LogP contribution in [0.1, 0.15) is 16.1 Å². The predicted octanol–water partition coefficient (Wildman–Crippen LogP) is 4.10. The number of halogens is 1. The molecular weight excluding hydrogens is 331 g/mol. The number of fused-ring (bicyclic) bond motifs is 1. The first-order valence-electron chi connectivity index (χ1n) is 8.09. The molecule has 2 heterocycles. The lowest BCUT2D eigenvalue weighted by Crippen LogP contribution is -2.11. The molecule has 6 heteroatoms. The van der Waals surface area contributed by atoms with Crippen LogP contribution in [0.2, 0.25) is 0 Å². The fourth-order valence-corrected chi connectivity index (χ4v) is 2.82. The van der Waals surface area contributed by atoms with Crippen molar-refractivity contribution in [2.75, 3.05) is 5.32 Å². The van der Waals surface area contributed by atoms with Gasteiger partial charge in [0.15, 0.2) is 0 Å². The molecule has 0 spiro atoms. The quantitative estimate of drug-likeness (QED) is 0.608. The molecule has 0 aliphatic carbocycles. The van der Waals surface area contributed by atoms with Crippen molar-refractivity contribution in [1.29, 1.82) is 0 Å². The Kier molecular flexibility index (Phi) is 3.93. The summed E-state index contributed by atoms with van der Waals surface area (Å²) in [6.45, 7) is 1.97. The fraction of sp³-hybridized carbons (Fsp3) is 0.0500. The van der Waals surface area contributed by atoms with E-state index in [1.807, 2.05) is 41.8 Å². The van der Waals surface area contributed by atoms with E-state index in [1.165, 1.54) is 24.3 Å². The van der Waals surface area contributed by atoms with Crippen LogP contribution < -0.4 is 5.32 Å². The molecule has 1 amide bonds. The molecule has 0 saturated carbocycles. The lowest BCUT2D eigenvalue weighted by molar-refractivity contribution is 0.102. The summed E-state index contributed by atoms with van der Waals surface area (Å²) < 4.78 is 14.9. The molecule has 0 aliphatic rings. The van der Waals surface area contributed by atoms with E-state index in [9.17, 15) is 9.18 Å². The molecule has 4 rings (SSSR count). The fourth-order valence-electron chi connectivity index (χ4n) is 2.82. The van der Waals surface area contributed by atoms with Gasteiger partial charge in [0, 0.05) is 34.9 Å². The van der Waals surface area contributed by atoms with Gasteiger partial charge in [0.25, 0.3) is 5.91 Å². The van der Waals surface area contributed by atoms with Gasteiger partial charge in [0.05, 0.1) is 5.69 Å². The maximum absolute atomic E-state index is 13.0. The predicted molar refractivity (Wildman–Crippen MR) is 97.5 cm³/mol. The summed E-state index contributed by atoms with van der Waals surface area (Å²) in [6.07, 6.45) is 3.61. The number of nitrogens with one attached hydrogen (secondary N) is 1. The number of hydrogen-bond donors (Lipinski definition) is 1. The molecule has 0 radical (unpaired) electrons. The number of nitrogens with zero attached hydrogens (tertiary/aromatic N) is 3. The van der Waals surface area contributed by atoms with Crippen LogP contribution in [0.4, 0.5) is 10.1 Å². The largest absolute Gasteiger partial charge is 0.322 e. The number of imidazole rings is 1. The zero-order valence-electron chi connectivity index (χ0n) is 14.0. The summed E-state index contributed by atoms with van der Waals surface area (Å²) in [5.41, 5.74) is 3.69. The first-order chi connectivity index (χ1) is 12.6. The first kappa shape index (κ1) is 16.0. The maximum atomic E-state index is 13.0. The van der Waals surface area contributed by atoms with E-state index >= 15 is 0 Å². The standard InChI is InChI=1S/C20H15FN4O/c1-13-18(24-20-22-10-3-11-25(13)20)15-4-2-5-17(12-15)23-19(26)14-6-8-16(21)9-7-14/h2-12H,1H3,(H,23,26). The molecule has 2 aromatic carbocycles. The van der Waals surface area contributed by atoms with E-state index in [-0.39, 0.29) is 11.7 Å². The van der Waals surface area contributed by atoms with Gasteiger partial charge in [0.1, 0.15) is 5.82 Å². The van der Waals surface area contributed by atoms with Gasteiger partial charge in [-0.3, -0.25) is 9.20 Å². The van der Waals surface area contributed by atoms with E-state index < -0.39 is 0 Å². The van der Waals surface area contributed by atoms with Gasteiger partial charge in [0.2, 0.25) is 5.78 Å². The number of carbonyl (C=O) groups excluding carboxylic acids is 1. The molecule has 5 nitrogen and oxygen atoms in total. The average molecular weight is 346 g/mol. The zero-order valence-corrected chi connectivity index (χ0v) is 14.0. The lowest BCUT2D eigenvalue weighted by Gasteiger charge is -2.07. The van der Waals surface area contributed by atoms with Crippen molar-refractivity contribution in [1.82, 2.24) is 14.4 Å². The average Bonchev–Trinajstić information content (AvgIpc) is 3.00. The molecule has 26 heavy (non-hydrogen) atoms. The summed E-state index contributed by atoms with van der Waals surface area (Å²) in [4.78, 5) is 21.1. The Bertz CT molecular complexity index is 1100. The summed E-state index contributed by atoms with van der Waals surface area (Å²) >= 11 is 0. The smallest absolute Gasteiger partial charge is 0.255 e. The van der Waals surface area contributed by atoms with Crippen LogP contribution in [0.25, 0.3) is 17.0 Å². The maximum Gasteiger partial charge on any atom is 0.255 e. The molecule has 0 unspecified atom stereocenters. The van der Waals surface area contributed by atoms with E-state index in [2.05, 4.69) is 15.3 Å². The minimum absolute atomic E-state index is 0.296.